The van der Waals surface area contributed by atoms with Gasteiger partial charge in [-0.25, -0.2) is 0 Å². The van der Waals surface area contributed by atoms with Gasteiger partial charge in [0, 0.05) is 3.92 Å². The van der Waals surface area contributed by atoms with E-state index in [0.717, 1.165) is 15.8 Å². The Bertz CT molecular complexity index is 90.6. The van der Waals surface area contributed by atoms with Gasteiger partial charge in [0.1, 0.15) is 0 Å². The van der Waals surface area contributed by atoms with E-state index < -0.39 is 0 Å². The lowest BCUT2D eigenvalue weighted by atomic mass is 9.84. The number of hydrogen-bond donors (Lipinski definition) is 0. The van der Waals surface area contributed by atoms with E-state index in [0.29, 0.717) is 0 Å². The van der Waals surface area contributed by atoms with Crippen molar-refractivity contribution in [1.82, 2.24) is 0 Å². The highest BCUT2D eigenvalue weighted by Crippen LogP contribution is 2.33. The molecule has 1 heteroatoms. The lowest BCUT2D eigenvalue weighted by Crippen LogP contribution is -2.20. The molecule has 0 radical (unpaired) electrons. The van der Waals surface area contributed by atoms with Crippen molar-refractivity contribution in [1.29, 1.82) is 0 Å². The molecule has 1 fully saturated rings. The molecule has 1 aliphatic rings. The van der Waals surface area contributed by atoms with Gasteiger partial charge < -0.3 is 0 Å². The Hall–Kier alpha value is 0.730. The third-order valence-corrected chi connectivity index (χ3v) is 4.10. The first-order valence-electron chi connectivity index (χ1n) is 3.84. The largest absolute Gasteiger partial charge is 0.0823 e. The van der Waals surface area contributed by atoms with Gasteiger partial charge in [-0.15, -0.1) is 0 Å². The molecule has 0 bridgehead atoms. The minimum atomic E-state index is 0.950. The van der Waals surface area contributed by atoms with Crippen LogP contribution in [0.4, 0.5) is 0 Å². The van der Waals surface area contributed by atoms with Crippen LogP contribution in [0.2, 0.25) is 0 Å². The monoisotopic (exact) mass is 238 g/mol. The molecule has 0 aromatic rings. The summed E-state index contributed by atoms with van der Waals surface area (Å²) in [7, 11) is 0. The molecule has 0 aliphatic heterocycles. The van der Waals surface area contributed by atoms with E-state index in [4.69, 9.17) is 0 Å². The summed E-state index contributed by atoms with van der Waals surface area (Å²) in [6.07, 6.45) is 4.36. The predicted molar refractivity (Wildman–Crippen MR) is 50.0 cm³/mol. The van der Waals surface area contributed by atoms with Crippen LogP contribution in [-0.2, 0) is 0 Å². The molecular weight excluding hydrogens is 223 g/mol. The summed E-state index contributed by atoms with van der Waals surface area (Å²) in [6.45, 7) is 4.75. The average Bonchev–Trinajstić information content (AvgIpc) is 1.80. The lowest BCUT2D eigenvalue weighted by Gasteiger charge is -2.28. The average molecular weight is 238 g/mol. The third-order valence-electron chi connectivity index (χ3n) is 2.36. The quantitative estimate of drug-likeness (QED) is 0.449. The normalized spacial score (nSPS) is 45.0. The first-order valence-corrected chi connectivity index (χ1v) is 5.08. The second-order valence-electron chi connectivity index (χ2n) is 3.41. The van der Waals surface area contributed by atoms with Gasteiger partial charge >= 0.3 is 0 Å². The summed E-state index contributed by atoms with van der Waals surface area (Å²) in [6, 6.07) is 0. The Morgan fingerprint density at radius 3 is 2.33 bits per heavy atom. The Kier molecular flexibility index (Phi) is 2.80. The molecule has 3 atom stereocenters. The predicted octanol–water partition coefficient (Wildman–Crippen LogP) is 3.25. The summed E-state index contributed by atoms with van der Waals surface area (Å²) in [5.41, 5.74) is 0. The van der Waals surface area contributed by atoms with Gasteiger partial charge in [-0.1, -0.05) is 42.9 Å². The van der Waals surface area contributed by atoms with E-state index in [1.165, 1.54) is 19.3 Å². The zero-order chi connectivity index (χ0) is 6.85. The Labute approximate surface area is 71.5 Å². The van der Waals surface area contributed by atoms with Gasteiger partial charge in [0.2, 0.25) is 0 Å². The van der Waals surface area contributed by atoms with E-state index in [-0.39, 0.29) is 0 Å². The Morgan fingerprint density at radius 2 is 1.89 bits per heavy atom. The van der Waals surface area contributed by atoms with Crippen LogP contribution in [0.25, 0.3) is 0 Å². The topological polar surface area (TPSA) is 0 Å². The number of rotatable bonds is 0. The van der Waals surface area contributed by atoms with Crippen LogP contribution >= 0.6 is 22.6 Å². The molecule has 9 heavy (non-hydrogen) atoms. The molecular formula is C8H15I. The molecule has 0 nitrogen and oxygen atoms in total. The van der Waals surface area contributed by atoms with Crippen molar-refractivity contribution < 1.29 is 0 Å². The second kappa shape index (κ2) is 3.22. The fraction of sp³-hybridized carbons (Fsp3) is 1.00. The van der Waals surface area contributed by atoms with Gasteiger partial charge in [0.05, 0.1) is 0 Å². The van der Waals surface area contributed by atoms with Crippen LogP contribution in [-0.4, -0.2) is 3.92 Å². The van der Waals surface area contributed by atoms with Crippen molar-refractivity contribution in [2.24, 2.45) is 11.8 Å². The first-order chi connectivity index (χ1) is 4.20. The summed E-state index contributed by atoms with van der Waals surface area (Å²) < 4.78 is 0.950. The summed E-state index contributed by atoms with van der Waals surface area (Å²) in [4.78, 5) is 0. The SMILES string of the molecule is C[C@H]1CC[C@@H](C)[C@@H](I)C1. The molecule has 0 amide bonds. The van der Waals surface area contributed by atoms with Crippen LogP contribution < -0.4 is 0 Å². The van der Waals surface area contributed by atoms with Gasteiger partial charge in [-0.2, -0.15) is 0 Å². The van der Waals surface area contributed by atoms with Gasteiger partial charge in [-0.3, -0.25) is 0 Å². The summed E-state index contributed by atoms with van der Waals surface area (Å²) in [5.74, 6) is 1.96. The van der Waals surface area contributed by atoms with E-state index in [9.17, 15) is 0 Å². The Morgan fingerprint density at radius 1 is 1.22 bits per heavy atom. The highest BCUT2D eigenvalue weighted by molar-refractivity contribution is 14.1. The minimum absolute atomic E-state index is 0.950. The molecule has 1 aliphatic carbocycles. The zero-order valence-corrected chi connectivity index (χ0v) is 8.39. The van der Waals surface area contributed by atoms with Crippen LogP contribution in [0.1, 0.15) is 33.1 Å². The van der Waals surface area contributed by atoms with E-state index in [1.807, 2.05) is 0 Å². The second-order valence-corrected chi connectivity index (χ2v) is 5.01. The van der Waals surface area contributed by atoms with Gasteiger partial charge in [0.25, 0.3) is 0 Å². The molecule has 0 heterocycles. The lowest BCUT2D eigenvalue weighted by molar-refractivity contribution is 0.327. The van der Waals surface area contributed by atoms with Crippen molar-refractivity contribution in [3.8, 4) is 0 Å². The van der Waals surface area contributed by atoms with Crippen molar-refractivity contribution in [2.75, 3.05) is 0 Å². The van der Waals surface area contributed by atoms with Crippen molar-refractivity contribution in [3.05, 3.63) is 0 Å². The summed E-state index contributed by atoms with van der Waals surface area (Å²) in [5, 5.41) is 0. The standard InChI is InChI=1S/C8H15I/c1-6-3-4-7(2)8(9)5-6/h6-8H,3-5H2,1-2H3/t6-,7+,8-/m0/s1. The van der Waals surface area contributed by atoms with Gasteiger partial charge in [-0.05, 0) is 24.7 Å². The van der Waals surface area contributed by atoms with E-state index >= 15 is 0 Å². The zero-order valence-electron chi connectivity index (χ0n) is 6.23. The number of hydrogen-bond acceptors (Lipinski definition) is 0. The molecule has 0 aromatic carbocycles. The third kappa shape index (κ3) is 2.10. The highest BCUT2D eigenvalue weighted by atomic mass is 127. The molecule has 1 saturated carbocycles. The van der Waals surface area contributed by atoms with Crippen molar-refractivity contribution in [2.45, 2.75) is 37.0 Å². The minimum Gasteiger partial charge on any atom is -0.0823 e. The highest BCUT2D eigenvalue weighted by Gasteiger charge is 2.22. The van der Waals surface area contributed by atoms with Crippen LogP contribution in [0.15, 0.2) is 0 Å². The molecule has 0 aromatic heterocycles. The maximum atomic E-state index is 2.60. The van der Waals surface area contributed by atoms with Crippen LogP contribution in [0, 0.1) is 11.8 Å². The fourth-order valence-electron chi connectivity index (χ4n) is 1.46. The molecule has 54 valence electrons. The smallest absolute Gasteiger partial charge is 0.0138 e. The van der Waals surface area contributed by atoms with Crippen molar-refractivity contribution in [3.63, 3.8) is 0 Å². The Balaban J connectivity index is 2.35. The maximum Gasteiger partial charge on any atom is 0.0138 e. The maximum absolute atomic E-state index is 2.60. The number of halogens is 1. The molecule has 0 N–H and O–H groups in total. The van der Waals surface area contributed by atoms with E-state index in [2.05, 4.69) is 36.4 Å². The molecule has 0 unspecified atom stereocenters. The van der Waals surface area contributed by atoms with Crippen molar-refractivity contribution >= 4 is 22.6 Å². The van der Waals surface area contributed by atoms with E-state index in [1.54, 1.807) is 0 Å². The summed E-state index contributed by atoms with van der Waals surface area (Å²) >= 11 is 2.60. The van der Waals surface area contributed by atoms with Crippen LogP contribution in [0.5, 0.6) is 0 Å². The molecule has 0 spiro atoms. The first kappa shape index (κ1) is 7.83. The molecule has 0 saturated heterocycles. The van der Waals surface area contributed by atoms with Gasteiger partial charge in [0.15, 0.2) is 0 Å². The fourth-order valence-corrected chi connectivity index (χ4v) is 2.69. The van der Waals surface area contributed by atoms with Crippen LogP contribution in [0.3, 0.4) is 0 Å². The molecule has 1 rings (SSSR count). The number of alkyl halides is 1.